The molecule has 2 aliphatic carbocycles. The highest BCUT2D eigenvalue weighted by Crippen LogP contribution is 2.48. The summed E-state index contributed by atoms with van der Waals surface area (Å²) in [6.45, 7) is 2.25. The van der Waals surface area contributed by atoms with E-state index in [0.717, 1.165) is 25.7 Å². The predicted molar refractivity (Wildman–Crippen MR) is 185 cm³/mol. The van der Waals surface area contributed by atoms with E-state index in [1.54, 1.807) is 0 Å². The zero-order valence-electron chi connectivity index (χ0n) is 24.1. The maximum absolute atomic E-state index is 2.43. The van der Waals surface area contributed by atoms with Gasteiger partial charge in [-0.3, -0.25) is 0 Å². The molecule has 0 amide bonds. The molecule has 1 aliphatic heterocycles. The van der Waals surface area contributed by atoms with Crippen LogP contribution in [-0.4, -0.2) is 0 Å². The van der Waals surface area contributed by atoms with Gasteiger partial charge in [0.05, 0.1) is 0 Å². The Morgan fingerprint density at radius 1 is 0.714 bits per heavy atom. The highest BCUT2D eigenvalue weighted by atomic mass is 32.2. The first-order valence-corrected chi connectivity index (χ1v) is 16.7. The number of hydrogen-bond donors (Lipinski definition) is 0. The number of fused-ring (bicyclic) bond motifs is 2. The molecule has 2 heterocycles. The van der Waals surface area contributed by atoms with Gasteiger partial charge in [0.1, 0.15) is 0 Å². The average molecular weight is 580 g/mol. The third-order valence-electron chi connectivity index (χ3n) is 8.45. The molecule has 0 unspecified atom stereocenters. The van der Waals surface area contributed by atoms with Crippen LogP contribution in [0, 0.1) is 0 Å². The Hall–Kier alpha value is -3.72. The molecule has 0 nitrogen and oxygen atoms in total. The van der Waals surface area contributed by atoms with Gasteiger partial charge in [-0.15, -0.1) is 0 Å². The second kappa shape index (κ2) is 12.3. The van der Waals surface area contributed by atoms with Gasteiger partial charge in [0.25, 0.3) is 0 Å². The Bertz CT molecular complexity index is 1770. The first kappa shape index (κ1) is 27.1. The highest BCUT2D eigenvalue weighted by Gasteiger charge is 2.29. The average Bonchev–Trinajstić information content (AvgIpc) is 3.05. The molecule has 2 heteroatoms. The molecule has 0 fully saturated rings. The monoisotopic (exact) mass is 579 g/mol. The summed E-state index contributed by atoms with van der Waals surface area (Å²) in [6, 6.07) is 35.2. The molecule has 0 radical (unpaired) electrons. The maximum Gasteiger partial charge on any atom is 0.239 e. The van der Waals surface area contributed by atoms with E-state index >= 15 is 0 Å². The van der Waals surface area contributed by atoms with Crippen molar-refractivity contribution >= 4 is 34.2 Å². The molecule has 0 spiro atoms. The van der Waals surface area contributed by atoms with E-state index in [9.17, 15) is 0 Å². The summed E-state index contributed by atoms with van der Waals surface area (Å²) in [4.78, 5) is 5.67. The van der Waals surface area contributed by atoms with Crippen LogP contribution in [0.15, 0.2) is 142 Å². The minimum atomic E-state index is 1.13. The molecule has 42 heavy (non-hydrogen) atoms. The van der Waals surface area contributed by atoms with E-state index in [2.05, 4.69) is 128 Å². The molecule has 7 rings (SSSR count). The summed E-state index contributed by atoms with van der Waals surface area (Å²) in [5.41, 5.74) is 12.7. The van der Waals surface area contributed by atoms with Crippen LogP contribution in [0.4, 0.5) is 0 Å². The predicted octanol–water partition coefficient (Wildman–Crippen LogP) is 12.2. The number of hydrogen-bond acceptors (Lipinski definition) is 1. The van der Waals surface area contributed by atoms with Gasteiger partial charge >= 0.3 is 0 Å². The van der Waals surface area contributed by atoms with E-state index in [0.29, 0.717) is 0 Å². The van der Waals surface area contributed by atoms with Crippen molar-refractivity contribution in [2.75, 3.05) is 0 Å². The summed E-state index contributed by atoms with van der Waals surface area (Å²) < 4.78 is 0. The van der Waals surface area contributed by atoms with Crippen molar-refractivity contribution in [3.05, 3.63) is 158 Å². The van der Waals surface area contributed by atoms with E-state index < -0.39 is 0 Å². The molecule has 3 aliphatic rings. The van der Waals surface area contributed by atoms with Crippen LogP contribution in [0.3, 0.4) is 0 Å². The van der Waals surface area contributed by atoms with Crippen LogP contribution in [0.1, 0.15) is 55.0 Å². The lowest BCUT2D eigenvalue weighted by Crippen LogP contribution is -2.05. The summed E-state index contributed by atoms with van der Waals surface area (Å²) in [6.07, 6.45) is 16.6. The Morgan fingerprint density at radius 2 is 1.38 bits per heavy atom. The van der Waals surface area contributed by atoms with Crippen LogP contribution in [-0.2, 0) is 6.42 Å². The SMILES string of the molecule is CC1=CC(c2ccccc2)=C2CCCC(C=C/C=C3\CCCc4c(-c5ccccc5)cc(-c5ccccc5)[s+]c43)=C2S1. The first-order chi connectivity index (χ1) is 20.7. The summed E-state index contributed by atoms with van der Waals surface area (Å²) in [5, 5.41) is 0. The standard InChI is InChI=1S/C40H35S2/c1-28-26-36(29-14-5-2-6-15-29)34-24-12-22-32(39(34)41-28)20-11-21-33-23-13-25-35-37(30-16-7-3-8-17-30)27-38(42-40(33)35)31-18-9-4-10-19-31/h2-11,14-21,26-27H,12-13,22-25H2,1H3/q+1. The lowest BCUT2D eigenvalue weighted by molar-refractivity contribution is 0.794. The largest absolute Gasteiger partial charge is 0.239 e. The molecule has 206 valence electrons. The zero-order valence-corrected chi connectivity index (χ0v) is 25.7. The highest BCUT2D eigenvalue weighted by molar-refractivity contribution is 8.07. The normalized spacial score (nSPS) is 17.8. The molecular weight excluding hydrogens is 545 g/mol. The second-order valence-electron chi connectivity index (χ2n) is 11.3. The second-order valence-corrected chi connectivity index (χ2v) is 13.6. The third-order valence-corrected chi connectivity index (χ3v) is 10.9. The quantitative estimate of drug-likeness (QED) is 0.212. The fourth-order valence-electron chi connectivity index (χ4n) is 6.45. The fraction of sp³-hybridized carbons (Fsp3) is 0.175. The molecule has 0 atom stereocenters. The number of allylic oxidation sites excluding steroid dienone is 9. The van der Waals surface area contributed by atoms with Crippen molar-refractivity contribution in [1.82, 2.24) is 0 Å². The van der Waals surface area contributed by atoms with E-state index in [1.807, 2.05) is 23.1 Å². The van der Waals surface area contributed by atoms with E-state index in [-0.39, 0.29) is 0 Å². The molecule has 0 bridgehead atoms. The van der Waals surface area contributed by atoms with Crippen molar-refractivity contribution in [1.29, 1.82) is 0 Å². The van der Waals surface area contributed by atoms with Crippen molar-refractivity contribution in [3.8, 4) is 21.6 Å². The number of benzene rings is 3. The van der Waals surface area contributed by atoms with Gasteiger partial charge < -0.3 is 0 Å². The van der Waals surface area contributed by atoms with Gasteiger partial charge in [-0.2, -0.15) is 0 Å². The van der Waals surface area contributed by atoms with Crippen molar-refractivity contribution in [2.24, 2.45) is 0 Å². The van der Waals surface area contributed by atoms with E-state index in [1.165, 1.54) is 82.5 Å². The maximum atomic E-state index is 2.43. The van der Waals surface area contributed by atoms with Gasteiger partial charge in [0, 0.05) is 27.7 Å². The number of thioether (sulfide) groups is 1. The van der Waals surface area contributed by atoms with Crippen molar-refractivity contribution in [2.45, 2.75) is 45.4 Å². The van der Waals surface area contributed by atoms with Gasteiger partial charge in [-0.05, 0) is 102 Å². The zero-order chi connectivity index (χ0) is 28.3. The molecule has 0 N–H and O–H groups in total. The van der Waals surface area contributed by atoms with Gasteiger partial charge in [0.2, 0.25) is 21.1 Å². The Kier molecular flexibility index (Phi) is 7.92. The molecule has 0 saturated carbocycles. The van der Waals surface area contributed by atoms with Gasteiger partial charge in [-0.25, -0.2) is 0 Å². The summed E-state index contributed by atoms with van der Waals surface area (Å²) >= 11 is 3.93. The van der Waals surface area contributed by atoms with Crippen LogP contribution in [0.5, 0.6) is 0 Å². The van der Waals surface area contributed by atoms with Gasteiger partial charge in [-0.1, -0.05) is 109 Å². The molecule has 4 aromatic rings. The van der Waals surface area contributed by atoms with Crippen molar-refractivity contribution in [3.63, 3.8) is 0 Å². The first-order valence-electron chi connectivity index (χ1n) is 15.1. The van der Waals surface area contributed by atoms with Crippen LogP contribution >= 0.6 is 23.1 Å². The minimum absolute atomic E-state index is 1.13. The van der Waals surface area contributed by atoms with Crippen LogP contribution in [0.2, 0.25) is 0 Å². The van der Waals surface area contributed by atoms with Crippen LogP contribution < -0.4 is 0 Å². The molecular formula is C40H35S2+. The Labute approximate surface area is 258 Å². The smallest absolute Gasteiger partial charge is 0.0942 e. The summed E-state index contributed by atoms with van der Waals surface area (Å²) in [7, 11) is 0. The Balaban J connectivity index is 1.29. The fourth-order valence-corrected chi connectivity index (χ4v) is 8.88. The lowest BCUT2D eigenvalue weighted by atomic mass is 9.87. The summed E-state index contributed by atoms with van der Waals surface area (Å²) in [5.74, 6) is 0. The van der Waals surface area contributed by atoms with E-state index in [4.69, 9.17) is 0 Å². The van der Waals surface area contributed by atoms with Gasteiger partial charge in [0.15, 0.2) is 0 Å². The van der Waals surface area contributed by atoms with Crippen molar-refractivity contribution < 1.29 is 0 Å². The van der Waals surface area contributed by atoms with Crippen LogP contribution in [0.25, 0.3) is 32.7 Å². The Morgan fingerprint density at radius 3 is 2.12 bits per heavy atom. The number of rotatable bonds is 5. The third kappa shape index (κ3) is 5.54. The molecule has 3 aromatic carbocycles. The molecule has 1 aromatic heterocycles. The molecule has 0 saturated heterocycles. The minimum Gasteiger partial charge on any atom is -0.0942 e. The topological polar surface area (TPSA) is 0 Å². The lowest BCUT2D eigenvalue weighted by Gasteiger charge is -2.27.